The number of aromatic amines is 1. The van der Waals surface area contributed by atoms with Gasteiger partial charge in [-0.1, -0.05) is 23.8 Å². The van der Waals surface area contributed by atoms with E-state index in [9.17, 15) is 0 Å². The number of hydrogen-bond acceptors (Lipinski definition) is 3. The molecule has 0 atom stereocenters. The molecule has 0 aliphatic heterocycles. The third-order valence-electron chi connectivity index (χ3n) is 2.30. The summed E-state index contributed by atoms with van der Waals surface area (Å²) in [6.07, 6.45) is 8.50. The number of aromatic nitrogens is 3. The highest BCUT2D eigenvalue weighted by molar-refractivity contribution is 6.33. The highest BCUT2D eigenvalue weighted by Gasteiger charge is 2.05. The van der Waals surface area contributed by atoms with Gasteiger partial charge in [-0.25, -0.2) is 9.97 Å². The lowest BCUT2D eigenvalue weighted by atomic mass is 10.2. The molecule has 2 heterocycles. The van der Waals surface area contributed by atoms with Crippen LogP contribution in [0.2, 0.25) is 5.15 Å². The number of fused-ring (bicyclic) bond motifs is 1. The molecule has 0 radical (unpaired) electrons. The highest BCUT2D eigenvalue weighted by Crippen LogP contribution is 2.21. The van der Waals surface area contributed by atoms with E-state index in [1.165, 1.54) is 6.33 Å². The molecule has 0 fully saturated rings. The highest BCUT2D eigenvalue weighted by atomic mass is 35.5. The van der Waals surface area contributed by atoms with E-state index in [1.54, 1.807) is 0 Å². The van der Waals surface area contributed by atoms with Gasteiger partial charge in [-0.3, -0.25) is 0 Å². The zero-order valence-corrected chi connectivity index (χ0v) is 9.75. The fourth-order valence-corrected chi connectivity index (χ4v) is 1.68. The molecule has 0 aliphatic rings. The van der Waals surface area contributed by atoms with Crippen LogP contribution in [-0.2, 0) is 0 Å². The fourth-order valence-electron chi connectivity index (χ4n) is 1.49. The summed E-state index contributed by atoms with van der Waals surface area (Å²) >= 11 is 5.94. The van der Waals surface area contributed by atoms with E-state index in [2.05, 4.69) is 26.3 Å². The number of nitrogens with one attached hydrogen (secondary N) is 2. The number of rotatable bonds is 4. The van der Waals surface area contributed by atoms with Crippen LogP contribution < -0.4 is 5.32 Å². The first-order valence-electron chi connectivity index (χ1n) is 5.11. The quantitative estimate of drug-likeness (QED) is 0.632. The molecule has 0 bridgehead atoms. The third kappa shape index (κ3) is 2.23. The molecule has 0 aliphatic carbocycles. The summed E-state index contributed by atoms with van der Waals surface area (Å²) in [6.45, 7) is 0.967. The second kappa shape index (κ2) is 5.09. The van der Waals surface area contributed by atoms with Crippen LogP contribution in [0.5, 0.6) is 0 Å². The predicted octanol–water partition coefficient (Wildman–Crippen LogP) is 2.23. The Bertz CT molecular complexity index is 504. The Morgan fingerprint density at radius 1 is 1.50 bits per heavy atom. The molecule has 16 heavy (non-hydrogen) atoms. The molecule has 4 nitrogen and oxygen atoms in total. The van der Waals surface area contributed by atoms with Crippen molar-refractivity contribution < 1.29 is 0 Å². The van der Waals surface area contributed by atoms with Crippen LogP contribution >= 0.6 is 11.6 Å². The Morgan fingerprint density at radius 3 is 3.19 bits per heavy atom. The van der Waals surface area contributed by atoms with Crippen LogP contribution in [0.25, 0.3) is 17.1 Å². The lowest BCUT2D eigenvalue weighted by Gasteiger charge is -1.93. The molecule has 0 spiro atoms. The molecule has 0 saturated carbocycles. The monoisotopic (exact) mass is 236 g/mol. The first-order valence-corrected chi connectivity index (χ1v) is 5.49. The molecule has 0 saturated heterocycles. The molecule has 2 rings (SSSR count). The minimum atomic E-state index is 0.458. The van der Waals surface area contributed by atoms with E-state index >= 15 is 0 Å². The van der Waals surface area contributed by atoms with Crippen LogP contribution in [0.3, 0.4) is 0 Å². The van der Waals surface area contributed by atoms with E-state index in [0.29, 0.717) is 5.15 Å². The standard InChI is InChI=1S/C11H13ClN4/c1-13-5-3-2-4-8-6-14-10-9(8)15-7-16-11(10)12/h2,4,6-7,13-14H,3,5H2,1H3. The minimum Gasteiger partial charge on any atom is -0.357 e. The summed E-state index contributed by atoms with van der Waals surface area (Å²) in [4.78, 5) is 11.2. The molecule has 2 aromatic rings. The summed E-state index contributed by atoms with van der Waals surface area (Å²) in [6, 6.07) is 0. The van der Waals surface area contributed by atoms with Gasteiger partial charge in [-0.2, -0.15) is 0 Å². The Morgan fingerprint density at radius 2 is 2.38 bits per heavy atom. The van der Waals surface area contributed by atoms with E-state index in [0.717, 1.165) is 29.6 Å². The van der Waals surface area contributed by atoms with Crippen molar-refractivity contribution in [2.75, 3.05) is 13.6 Å². The maximum atomic E-state index is 5.94. The molecule has 5 heteroatoms. The Labute approximate surface area is 98.7 Å². The summed E-state index contributed by atoms with van der Waals surface area (Å²) in [5.74, 6) is 0. The molecule has 2 aromatic heterocycles. The van der Waals surface area contributed by atoms with Gasteiger partial charge < -0.3 is 10.3 Å². The second-order valence-electron chi connectivity index (χ2n) is 3.43. The average Bonchev–Trinajstić information content (AvgIpc) is 2.70. The van der Waals surface area contributed by atoms with Gasteiger partial charge in [0.15, 0.2) is 5.15 Å². The van der Waals surface area contributed by atoms with Gasteiger partial charge in [0.1, 0.15) is 17.4 Å². The molecule has 0 aromatic carbocycles. The number of H-pyrrole nitrogens is 1. The van der Waals surface area contributed by atoms with Crippen molar-refractivity contribution in [2.24, 2.45) is 0 Å². The SMILES string of the molecule is CNCCC=Cc1c[nH]c2c(Cl)ncnc12. The first kappa shape index (κ1) is 11.1. The van der Waals surface area contributed by atoms with Crippen LogP contribution in [0, 0.1) is 0 Å². The van der Waals surface area contributed by atoms with Gasteiger partial charge in [-0.05, 0) is 20.0 Å². The van der Waals surface area contributed by atoms with Crippen molar-refractivity contribution in [3.63, 3.8) is 0 Å². The minimum absolute atomic E-state index is 0.458. The van der Waals surface area contributed by atoms with E-state index in [-0.39, 0.29) is 0 Å². The van der Waals surface area contributed by atoms with Gasteiger partial charge in [0.2, 0.25) is 0 Å². The Hall–Kier alpha value is -1.39. The van der Waals surface area contributed by atoms with Crippen molar-refractivity contribution >= 4 is 28.7 Å². The van der Waals surface area contributed by atoms with Gasteiger partial charge in [0.25, 0.3) is 0 Å². The Kier molecular flexibility index (Phi) is 3.54. The van der Waals surface area contributed by atoms with Crippen LogP contribution in [0.15, 0.2) is 18.6 Å². The fraction of sp³-hybridized carbons (Fsp3) is 0.273. The van der Waals surface area contributed by atoms with Crippen LogP contribution in [0.4, 0.5) is 0 Å². The number of nitrogens with zero attached hydrogens (tertiary/aromatic N) is 2. The lowest BCUT2D eigenvalue weighted by Crippen LogP contribution is -2.05. The summed E-state index contributed by atoms with van der Waals surface area (Å²) in [5.41, 5.74) is 2.69. The average molecular weight is 237 g/mol. The Balaban J connectivity index is 2.25. The van der Waals surface area contributed by atoms with Gasteiger partial charge >= 0.3 is 0 Å². The van der Waals surface area contributed by atoms with Crippen LogP contribution in [-0.4, -0.2) is 28.5 Å². The normalized spacial score (nSPS) is 11.6. The maximum Gasteiger partial charge on any atom is 0.156 e. The smallest absolute Gasteiger partial charge is 0.156 e. The predicted molar refractivity (Wildman–Crippen MR) is 66.5 cm³/mol. The van der Waals surface area contributed by atoms with Crippen molar-refractivity contribution in [3.8, 4) is 0 Å². The topological polar surface area (TPSA) is 53.6 Å². The maximum absolute atomic E-state index is 5.94. The second-order valence-corrected chi connectivity index (χ2v) is 3.78. The zero-order chi connectivity index (χ0) is 11.4. The molecule has 2 N–H and O–H groups in total. The first-order chi connectivity index (χ1) is 7.83. The zero-order valence-electron chi connectivity index (χ0n) is 9.00. The van der Waals surface area contributed by atoms with E-state index in [1.807, 2.05) is 19.3 Å². The molecular weight excluding hydrogens is 224 g/mol. The van der Waals surface area contributed by atoms with Crippen molar-refractivity contribution in [2.45, 2.75) is 6.42 Å². The molecular formula is C11H13ClN4. The van der Waals surface area contributed by atoms with Crippen molar-refractivity contribution in [3.05, 3.63) is 29.3 Å². The van der Waals surface area contributed by atoms with Crippen LogP contribution in [0.1, 0.15) is 12.0 Å². The summed E-state index contributed by atoms with van der Waals surface area (Å²) in [7, 11) is 1.94. The largest absolute Gasteiger partial charge is 0.357 e. The lowest BCUT2D eigenvalue weighted by molar-refractivity contribution is 0.809. The summed E-state index contributed by atoms with van der Waals surface area (Å²) < 4.78 is 0. The number of halogens is 1. The van der Waals surface area contributed by atoms with E-state index in [4.69, 9.17) is 11.6 Å². The van der Waals surface area contributed by atoms with Crippen molar-refractivity contribution in [1.82, 2.24) is 20.3 Å². The molecule has 84 valence electrons. The number of hydrogen-bond donors (Lipinski definition) is 2. The molecule has 0 unspecified atom stereocenters. The van der Waals surface area contributed by atoms with Crippen molar-refractivity contribution in [1.29, 1.82) is 0 Å². The van der Waals surface area contributed by atoms with Gasteiger partial charge in [0, 0.05) is 11.8 Å². The third-order valence-corrected chi connectivity index (χ3v) is 2.59. The van der Waals surface area contributed by atoms with Gasteiger partial charge in [-0.15, -0.1) is 0 Å². The van der Waals surface area contributed by atoms with Gasteiger partial charge in [0.05, 0.1) is 0 Å². The van der Waals surface area contributed by atoms with E-state index < -0.39 is 0 Å². The molecule has 0 amide bonds. The summed E-state index contributed by atoms with van der Waals surface area (Å²) in [5, 5.41) is 3.55.